The Morgan fingerprint density at radius 3 is 2.40 bits per heavy atom. The number of aromatic nitrogens is 2. The fourth-order valence-corrected chi connectivity index (χ4v) is 4.20. The molecule has 1 atom stereocenters. The van der Waals surface area contributed by atoms with Crippen molar-refractivity contribution in [1.82, 2.24) is 20.0 Å². The number of rotatable bonds is 7. The van der Waals surface area contributed by atoms with E-state index in [2.05, 4.69) is 22.2 Å². The average molecular weight is 405 g/mol. The van der Waals surface area contributed by atoms with E-state index in [1.54, 1.807) is 12.1 Å². The maximum absolute atomic E-state index is 13.1. The third-order valence-electron chi connectivity index (χ3n) is 5.88. The highest BCUT2D eigenvalue weighted by Gasteiger charge is 2.22. The number of hydrogen-bond acceptors (Lipinski definition) is 4. The summed E-state index contributed by atoms with van der Waals surface area (Å²) in [6.07, 6.45) is 3.43. The molecule has 1 aromatic heterocycles. The fourth-order valence-electron chi connectivity index (χ4n) is 4.20. The van der Waals surface area contributed by atoms with Crippen molar-refractivity contribution >= 4 is 16.7 Å². The third kappa shape index (κ3) is 4.28. The SMILES string of the molecule is CCC(CNC(=O)c1nn(Cc2ccccc2)c(=O)c2ccccc12)N1CCCC1. The van der Waals surface area contributed by atoms with Gasteiger partial charge in [0, 0.05) is 18.0 Å². The maximum atomic E-state index is 13.1. The van der Waals surface area contributed by atoms with Crippen molar-refractivity contribution in [3.63, 3.8) is 0 Å². The van der Waals surface area contributed by atoms with Crippen LogP contribution in [0.15, 0.2) is 59.4 Å². The molecule has 1 aliphatic rings. The molecule has 1 saturated heterocycles. The summed E-state index contributed by atoms with van der Waals surface area (Å²) < 4.78 is 1.39. The number of carbonyl (C=O) groups excluding carboxylic acids is 1. The molecule has 3 aromatic rings. The molecule has 30 heavy (non-hydrogen) atoms. The van der Waals surface area contributed by atoms with Crippen LogP contribution in [-0.2, 0) is 6.54 Å². The van der Waals surface area contributed by atoms with Crippen LogP contribution in [0.2, 0.25) is 0 Å². The van der Waals surface area contributed by atoms with E-state index < -0.39 is 0 Å². The maximum Gasteiger partial charge on any atom is 0.274 e. The van der Waals surface area contributed by atoms with Crippen molar-refractivity contribution in [3.8, 4) is 0 Å². The lowest BCUT2D eigenvalue weighted by molar-refractivity contribution is 0.0931. The van der Waals surface area contributed by atoms with Crippen molar-refractivity contribution in [2.24, 2.45) is 0 Å². The molecule has 6 nitrogen and oxygen atoms in total. The van der Waals surface area contributed by atoms with Crippen LogP contribution in [0, 0.1) is 0 Å². The van der Waals surface area contributed by atoms with Crippen LogP contribution in [0.4, 0.5) is 0 Å². The summed E-state index contributed by atoms with van der Waals surface area (Å²) in [5, 5.41) is 8.66. The molecule has 6 heteroatoms. The Balaban J connectivity index is 1.62. The number of carbonyl (C=O) groups is 1. The summed E-state index contributed by atoms with van der Waals surface area (Å²) in [4.78, 5) is 28.5. The number of likely N-dealkylation sites (tertiary alicyclic amines) is 1. The van der Waals surface area contributed by atoms with Crippen LogP contribution >= 0.6 is 0 Å². The van der Waals surface area contributed by atoms with Gasteiger partial charge in [-0.3, -0.25) is 14.5 Å². The van der Waals surface area contributed by atoms with E-state index in [1.165, 1.54) is 17.5 Å². The van der Waals surface area contributed by atoms with E-state index in [9.17, 15) is 9.59 Å². The second kappa shape index (κ2) is 9.22. The first-order chi connectivity index (χ1) is 14.7. The molecule has 0 bridgehead atoms. The van der Waals surface area contributed by atoms with Gasteiger partial charge in [-0.25, -0.2) is 4.68 Å². The predicted octanol–water partition coefficient (Wildman–Crippen LogP) is 3.05. The minimum atomic E-state index is -0.231. The molecule has 2 heterocycles. The van der Waals surface area contributed by atoms with Crippen LogP contribution < -0.4 is 10.9 Å². The van der Waals surface area contributed by atoms with E-state index in [1.807, 2.05) is 42.5 Å². The van der Waals surface area contributed by atoms with Gasteiger partial charge in [0.1, 0.15) is 0 Å². The van der Waals surface area contributed by atoms with E-state index in [0.29, 0.717) is 35.6 Å². The Kier molecular flexibility index (Phi) is 6.23. The van der Waals surface area contributed by atoms with Crippen LogP contribution in [-0.4, -0.2) is 46.3 Å². The quantitative estimate of drug-likeness (QED) is 0.657. The summed E-state index contributed by atoms with van der Waals surface area (Å²) in [6.45, 7) is 5.26. The highest BCUT2D eigenvalue weighted by Crippen LogP contribution is 2.16. The van der Waals surface area contributed by atoms with Gasteiger partial charge < -0.3 is 5.32 Å². The number of amides is 1. The molecule has 4 rings (SSSR count). The van der Waals surface area contributed by atoms with Gasteiger partial charge in [0.25, 0.3) is 11.5 Å². The van der Waals surface area contributed by atoms with Gasteiger partial charge in [0.2, 0.25) is 0 Å². The zero-order valence-electron chi connectivity index (χ0n) is 17.4. The van der Waals surface area contributed by atoms with Gasteiger partial charge in [-0.15, -0.1) is 0 Å². The monoisotopic (exact) mass is 404 g/mol. The van der Waals surface area contributed by atoms with E-state index in [4.69, 9.17) is 0 Å². The second-order valence-corrected chi connectivity index (χ2v) is 7.86. The van der Waals surface area contributed by atoms with Crippen molar-refractivity contribution in [1.29, 1.82) is 0 Å². The number of nitrogens with zero attached hydrogens (tertiary/aromatic N) is 3. The highest BCUT2D eigenvalue weighted by molar-refractivity contribution is 6.04. The largest absolute Gasteiger partial charge is 0.349 e. The van der Waals surface area contributed by atoms with Crippen molar-refractivity contribution in [3.05, 3.63) is 76.2 Å². The molecule has 0 radical (unpaired) electrons. The zero-order valence-corrected chi connectivity index (χ0v) is 17.4. The number of hydrogen-bond donors (Lipinski definition) is 1. The molecule has 1 fully saturated rings. The normalized spacial score (nSPS) is 15.4. The molecule has 1 N–H and O–H groups in total. The molecule has 0 aliphatic carbocycles. The molecule has 0 spiro atoms. The fraction of sp³-hybridized carbons (Fsp3) is 0.375. The lowest BCUT2D eigenvalue weighted by Crippen LogP contribution is -2.42. The Hall–Kier alpha value is -2.99. The Bertz CT molecular complexity index is 1070. The average Bonchev–Trinajstić information content (AvgIpc) is 3.31. The first kappa shape index (κ1) is 20.3. The molecule has 1 amide bonds. The van der Waals surface area contributed by atoms with Gasteiger partial charge in [-0.2, -0.15) is 5.10 Å². The summed E-state index contributed by atoms with van der Waals surface area (Å²) in [5.74, 6) is -0.231. The lowest BCUT2D eigenvalue weighted by atomic mass is 10.1. The van der Waals surface area contributed by atoms with Gasteiger partial charge in [-0.1, -0.05) is 55.5 Å². The molecular weight excluding hydrogens is 376 g/mol. The molecule has 0 saturated carbocycles. The van der Waals surface area contributed by atoms with Crippen molar-refractivity contribution in [2.75, 3.05) is 19.6 Å². The predicted molar refractivity (Wildman–Crippen MR) is 119 cm³/mol. The van der Waals surface area contributed by atoms with Crippen molar-refractivity contribution < 1.29 is 4.79 Å². The Morgan fingerprint density at radius 1 is 1.03 bits per heavy atom. The number of fused-ring (bicyclic) bond motifs is 1. The molecule has 1 aliphatic heterocycles. The van der Waals surface area contributed by atoms with E-state index in [-0.39, 0.29) is 11.5 Å². The van der Waals surface area contributed by atoms with E-state index >= 15 is 0 Å². The number of nitrogens with one attached hydrogen (secondary N) is 1. The topological polar surface area (TPSA) is 67.2 Å². The minimum absolute atomic E-state index is 0.186. The van der Waals surface area contributed by atoms with Crippen molar-refractivity contribution in [2.45, 2.75) is 38.8 Å². The Labute approximate surface area is 176 Å². The zero-order chi connectivity index (χ0) is 20.9. The molecule has 1 unspecified atom stereocenters. The van der Waals surface area contributed by atoms with Crippen LogP contribution in [0.3, 0.4) is 0 Å². The van der Waals surface area contributed by atoms with Crippen LogP contribution in [0.5, 0.6) is 0 Å². The molecule has 156 valence electrons. The van der Waals surface area contributed by atoms with Gasteiger partial charge in [-0.05, 0) is 44.0 Å². The molecular formula is C24H28N4O2. The summed E-state index contributed by atoms with van der Waals surface area (Å²) in [6, 6.07) is 17.2. The van der Waals surface area contributed by atoms with Gasteiger partial charge in [0.05, 0.1) is 11.9 Å². The highest BCUT2D eigenvalue weighted by atomic mass is 16.2. The van der Waals surface area contributed by atoms with Crippen LogP contribution in [0.25, 0.3) is 10.8 Å². The Morgan fingerprint density at radius 2 is 1.70 bits per heavy atom. The van der Waals surface area contributed by atoms with E-state index in [0.717, 1.165) is 25.1 Å². The third-order valence-corrected chi connectivity index (χ3v) is 5.88. The smallest absolute Gasteiger partial charge is 0.274 e. The number of benzene rings is 2. The second-order valence-electron chi connectivity index (χ2n) is 7.86. The molecule has 2 aromatic carbocycles. The van der Waals surface area contributed by atoms with Gasteiger partial charge in [0.15, 0.2) is 5.69 Å². The first-order valence-electron chi connectivity index (χ1n) is 10.7. The lowest BCUT2D eigenvalue weighted by Gasteiger charge is -2.26. The van der Waals surface area contributed by atoms with Crippen LogP contribution in [0.1, 0.15) is 42.2 Å². The minimum Gasteiger partial charge on any atom is -0.349 e. The standard InChI is InChI=1S/C24H28N4O2/c1-2-19(27-14-8-9-15-27)16-25-23(29)22-20-12-6-7-13-21(20)24(30)28(26-22)17-18-10-4-3-5-11-18/h3-7,10-13,19H,2,8-9,14-17H2,1H3,(H,25,29). The summed E-state index contributed by atoms with van der Waals surface area (Å²) in [7, 11) is 0. The summed E-state index contributed by atoms with van der Waals surface area (Å²) >= 11 is 0. The summed E-state index contributed by atoms with van der Waals surface area (Å²) in [5.41, 5.74) is 1.08. The van der Waals surface area contributed by atoms with Gasteiger partial charge >= 0.3 is 0 Å². The first-order valence-corrected chi connectivity index (χ1v) is 10.7.